The first kappa shape index (κ1) is 55.3. The lowest BCUT2D eigenvalue weighted by molar-refractivity contribution is -0.135. The highest BCUT2D eigenvalue weighted by atomic mass is 19.1. The van der Waals surface area contributed by atoms with Crippen LogP contribution in [0.3, 0.4) is 0 Å². The second-order valence-electron chi connectivity index (χ2n) is 23.6. The smallest absolute Gasteiger partial charge is 0.410 e. The minimum absolute atomic E-state index is 0.00494. The van der Waals surface area contributed by atoms with Crippen molar-refractivity contribution in [1.29, 1.82) is 0 Å². The number of imide groups is 1. The fraction of sp³-hybridized carbons (Fsp3) is 0.508. The molecule has 0 spiro atoms. The van der Waals surface area contributed by atoms with Gasteiger partial charge in [0.25, 0.3) is 0 Å². The van der Waals surface area contributed by atoms with E-state index in [1.165, 1.54) is 10.6 Å². The third-order valence-corrected chi connectivity index (χ3v) is 17.2. The van der Waals surface area contributed by atoms with E-state index in [1.807, 2.05) is 43.9 Å². The fourth-order valence-electron chi connectivity index (χ4n) is 13.3. The van der Waals surface area contributed by atoms with Gasteiger partial charge in [0.2, 0.25) is 11.8 Å². The molecule has 5 aliphatic rings. The molecular formula is C61H70F2N10O8. The SMILES string of the molecule is C#Cc1c(F)ccc2cccc(-c3ncc4c(N5CC6CCC(C5)N6C(=O)OC(C)(C)C)nc(OC[C@@]56CCCN5[C@H](COC(=O)NCCCCCCCCc5ccc7c(c5)n(C)c(=O)n7C5CCC(=O)NC5=O)CC6)nc4c3F)c12. The van der Waals surface area contributed by atoms with Crippen LogP contribution in [0.4, 0.5) is 24.2 Å². The van der Waals surface area contributed by atoms with Gasteiger partial charge >= 0.3 is 23.9 Å². The van der Waals surface area contributed by atoms with Gasteiger partial charge in [0, 0.05) is 56.3 Å². The monoisotopic (exact) mass is 1110 g/mol. The summed E-state index contributed by atoms with van der Waals surface area (Å²) in [4.78, 5) is 84.5. The van der Waals surface area contributed by atoms with Crippen molar-refractivity contribution in [3.8, 4) is 29.6 Å². The Balaban J connectivity index is 0.692. The van der Waals surface area contributed by atoms with Gasteiger partial charge in [-0.3, -0.25) is 38.8 Å². The number of unbranched alkanes of at least 4 members (excludes halogenated alkanes) is 5. The Labute approximate surface area is 468 Å². The molecule has 426 valence electrons. The summed E-state index contributed by atoms with van der Waals surface area (Å²) in [6.45, 7) is 8.18. The molecule has 0 radical (unpaired) electrons. The van der Waals surface area contributed by atoms with Gasteiger partial charge in [0.05, 0.1) is 39.6 Å². The van der Waals surface area contributed by atoms with E-state index in [4.69, 9.17) is 30.6 Å². The van der Waals surface area contributed by atoms with Crippen LogP contribution in [0.5, 0.6) is 6.01 Å². The number of ether oxygens (including phenoxy) is 3. The van der Waals surface area contributed by atoms with E-state index in [-0.39, 0.29) is 83.8 Å². The molecule has 20 heteroatoms. The molecule has 3 aromatic carbocycles. The van der Waals surface area contributed by atoms with Gasteiger partial charge < -0.3 is 24.4 Å². The van der Waals surface area contributed by atoms with Crippen LogP contribution in [0.2, 0.25) is 0 Å². The zero-order valence-corrected chi connectivity index (χ0v) is 46.5. The van der Waals surface area contributed by atoms with Crippen molar-refractivity contribution in [3.63, 3.8) is 0 Å². The van der Waals surface area contributed by atoms with Crippen LogP contribution >= 0.6 is 0 Å². The molecule has 81 heavy (non-hydrogen) atoms. The number of imidazole rings is 1. The highest BCUT2D eigenvalue weighted by molar-refractivity contribution is 6.02. The van der Waals surface area contributed by atoms with Crippen LogP contribution < -0.4 is 26.0 Å². The number of aryl methyl sites for hydroxylation is 2. The number of aromatic nitrogens is 5. The number of carbonyl (C=O) groups excluding carboxylic acids is 4. The molecule has 8 heterocycles. The van der Waals surface area contributed by atoms with Gasteiger partial charge in [-0.15, -0.1) is 6.42 Å². The molecule has 6 aromatic rings. The minimum atomic E-state index is -0.730. The Morgan fingerprint density at radius 3 is 2.47 bits per heavy atom. The third-order valence-electron chi connectivity index (χ3n) is 17.2. The number of halogens is 2. The minimum Gasteiger partial charge on any atom is -0.461 e. The average Bonchev–Trinajstić information content (AvgIpc) is 4.35. The highest BCUT2D eigenvalue weighted by Gasteiger charge is 2.51. The second-order valence-corrected chi connectivity index (χ2v) is 23.6. The molecule has 3 aromatic heterocycles. The van der Waals surface area contributed by atoms with Gasteiger partial charge in [-0.1, -0.05) is 61.9 Å². The number of fused-ring (bicyclic) bond motifs is 6. The second kappa shape index (κ2) is 22.7. The van der Waals surface area contributed by atoms with Gasteiger partial charge in [-0.05, 0) is 121 Å². The number of carbonyl (C=O) groups is 4. The number of nitrogens with zero attached hydrogens (tertiary/aromatic N) is 8. The number of terminal acetylenes is 1. The summed E-state index contributed by atoms with van der Waals surface area (Å²) in [6, 6.07) is 13.0. The number of alkyl carbamates (subject to hydrolysis) is 1. The number of piperazine rings is 1. The summed E-state index contributed by atoms with van der Waals surface area (Å²) in [5, 5.41) is 6.66. The van der Waals surface area contributed by atoms with E-state index in [2.05, 4.69) is 31.3 Å². The van der Waals surface area contributed by atoms with Crippen molar-refractivity contribution in [2.24, 2.45) is 7.05 Å². The van der Waals surface area contributed by atoms with Gasteiger partial charge in [0.1, 0.15) is 47.7 Å². The Morgan fingerprint density at radius 1 is 0.926 bits per heavy atom. The van der Waals surface area contributed by atoms with Crippen LogP contribution in [-0.4, -0.2) is 127 Å². The Kier molecular flexibility index (Phi) is 15.5. The van der Waals surface area contributed by atoms with Crippen LogP contribution in [0.1, 0.15) is 128 Å². The first-order valence-corrected chi connectivity index (χ1v) is 28.7. The summed E-state index contributed by atoms with van der Waals surface area (Å²) in [7, 11) is 1.71. The Bertz CT molecular complexity index is 3540. The summed E-state index contributed by atoms with van der Waals surface area (Å²) in [5.74, 6) is 0.802. The summed E-state index contributed by atoms with van der Waals surface area (Å²) in [5.41, 5.74) is 1.54. The van der Waals surface area contributed by atoms with Crippen molar-refractivity contribution in [3.05, 3.63) is 88.0 Å². The molecule has 0 aliphatic carbocycles. The predicted molar refractivity (Wildman–Crippen MR) is 302 cm³/mol. The molecule has 2 N–H and O–H groups in total. The van der Waals surface area contributed by atoms with Crippen LogP contribution in [0, 0.1) is 24.0 Å². The molecule has 11 rings (SSSR count). The van der Waals surface area contributed by atoms with E-state index >= 15 is 8.78 Å². The Hall–Kier alpha value is -7.66. The molecule has 3 unspecified atom stereocenters. The molecule has 5 fully saturated rings. The topological polar surface area (TPSA) is 195 Å². The van der Waals surface area contributed by atoms with Gasteiger partial charge in [-0.25, -0.2) is 23.2 Å². The molecule has 4 amide bonds. The van der Waals surface area contributed by atoms with E-state index in [0.29, 0.717) is 59.1 Å². The maximum absolute atomic E-state index is 17.4. The van der Waals surface area contributed by atoms with Crippen LogP contribution in [0.25, 0.3) is 44.0 Å². The molecule has 5 atom stereocenters. The molecule has 5 aliphatic heterocycles. The maximum atomic E-state index is 17.4. The zero-order chi connectivity index (χ0) is 56.7. The largest absolute Gasteiger partial charge is 0.461 e. The predicted octanol–water partition coefficient (Wildman–Crippen LogP) is 9.01. The van der Waals surface area contributed by atoms with Crippen molar-refractivity contribution >= 4 is 62.5 Å². The lowest BCUT2D eigenvalue weighted by Crippen LogP contribution is -2.57. The Morgan fingerprint density at radius 2 is 1.70 bits per heavy atom. The van der Waals surface area contributed by atoms with Crippen LogP contribution in [0.15, 0.2) is 59.5 Å². The molecule has 18 nitrogen and oxygen atoms in total. The lowest BCUT2D eigenvalue weighted by atomic mass is 9.95. The normalized spacial score (nSPS) is 21.9. The number of nitrogens with one attached hydrogen (secondary N) is 2. The maximum Gasteiger partial charge on any atom is 0.410 e. The number of hydrogen-bond acceptors (Lipinski definition) is 13. The van der Waals surface area contributed by atoms with E-state index in [0.717, 1.165) is 101 Å². The number of piperidine rings is 1. The standard InChI is InChI=1S/C61H70F2N10O8/c1-6-42-45(62)22-19-38-16-13-17-43(50(38)42)52-51(63)53-44(32-65-52)54(70-33-39-20-21-40(34-70)72(39)59(78)81-60(2,3)4)68-56(67-53)80-36-61-27-14-30-71(61)41(26-28-61)35-79-57(76)64-29-12-10-8-7-9-11-15-37-18-23-46-48(31-37)69(5)58(77)73(46)47-24-25-49(74)66-55(47)75/h1,13,16-19,22-23,31-32,39-41,47H,7-12,14-15,20-21,24-30,33-36H2,2-5H3,(H,64,76)(H,66,74,75)/t39?,40?,41-,47?,61-/m0/s1. The van der Waals surface area contributed by atoms with Crippen molar-refractivity contribution < 1.29 is 42.2 Å². The molecular weight excluding hydrogens is 1040 g/mol. The molecule has 0 saturated carbocycles. The lowest BCUT2D eigenvalue weighted by Gasteiger charge is -2.42. The number of benzene rings is 3. The number of amides is 4. The fourth-order valence-corrected chi connectivity index (χ4v) is 13.3. The molecule has 2 bridgehead atoms. The number of hydrogen-bond donors (Lipinski definition) is 2. The van der Waals surface area contributed by atoms with E-state index < -0.39 is 35.3 Å². The number of pyridine rings is 1. The summed E-state index contributed by atoms with van der Waals surface area (Å²) >= 11 is 0. The number of rotatable bonds is 17. The highest BCUT2D eigenvalue weighted by Crippen LogP contribution is 2.44. The first-order chi connectivity index (χ1) is 39.0. The quantitative estimate of drug-likeness (QED) is 0.0500. The third kappa shape index (κ3) is 11.0. The van der Waals surface area contributed by atoms with Crippen LogP contribution in [-0.2, 0) is 32.5 Å². The first-order valence-electron chi connectivity index (χ1n) is 28.7. The van der Waals surface area contributed by atoms with Crippen molar-refractivity contribution in [1.82, 2.24) is 44.5 Å². The average molecular weight is 1110 g/mol. The van der Waals surface area contributed by atoms with Gasteiger partial charge in [-0.2, -0.15) is 9.97 Å². The van der Waals surface area contributed by atoms with Crippen molar-refractivity contribution in [2.75, 3.05) is 44.3 Å². The zero-order valence-electron chi connectivity index (χ0n) is 46.5. The summed E-state index contributed by atoms with van der Waals surface area (Å²) in [6.07, 6.45) is 18.8. The summed E-state index contributed by atoms with van der Waals surface area (Å²) < 4.78 is 53.8. The number of anilines is 1. The van der Waals surface area contributed by atoms with E-state index in [1.54, 1.807) is 42.1 Å². The molecule has 5 saturated heterocycles. The van der Waals surface area contributed by atoms with Crippen molar-refractivity contribution in [2.45, 2.75) is 152 Å². The van der Waals surface area contributed by atoms with Gasteiger partial charge in [0.15, 0.2) is 5.82 Å². The van der Waals surface area contributed by atoms with E-state index in [9.17, 15) is 24.0 Å².